The predicted octanol–water partition coefficient (Wildman–Crippen LogP) is 2.23. The van der Waals surface area contributed by atoms with E-state index < -0.39 is 10.0 Å². The second-order valence-electron chi connectivity index (χ2n) is 5.25. The van der Waals surface area contributed by atoms with Crippen LogP contribution in [0.4, 0.5) is 4.39 Å². The molecule has 0 aliphatic rings. The van der Waals surface area contributed by atoms with E-state index in [0.717, 1.165) is 5.52 Å². The molecule has 7 heteroatoms. The summed E-state index contributed by atoms with van der Waals surface area (Å²) >= 11 is 0. The molecule has 2 aromatic carbocycles. The maximum absolute atomic E-state index is 13.5. The maximum atomic E-state index is 13.5. The summed E-state index contributed by atoms with van der Waals surface area (Å²) in [6.45, 7) is 0.128. The number of aromatic nitrogens is 2. The van der Waals surface area contributed by atoms with Gasteiger partial charge in [0.2, 0.25) is 10.0 Å². The Kier molecular flexibility index (Phi) is 4.14. The third kappa shape index (κ3) is 3.25. The first-order valence-corrected chi connectivity index (χ1v) is 8.60. The topological polar surface area (TPSA) is 64.0 Å². The standard InChI is InChI=1S/C16H16FN3O2S/c1-20-11-18-15-10-13(6-7-16(15)20)23(21,22)19-9-8-12-4-2-3-5-14(12)17/h2-7,10-11,19H,8-9H2,1H3. The smallest absolute Gasteiger partial charge is 0.240 e. The van der Waals surface area contributed by atoms with E-state index in [2.05, 4.69) is 9.71 Å². The Hall–Kier alpha value is -2.25. The molecule has 0 atom stereocenters. The molecule has 0 bridgehead atoms. The van der Waals surface area contributed by atoms with Crippen LogP contribution in [0.2, 0.25) is 0 Å². The first-order valence-electron chi connectivity index (χ1n) is 7.11. The van der Waals surface area contributed by atoms with Gasteiger partial charge in [-0.25, -0.2) is 22.5 Å². The van der Waals surface area contributed by atoms with Crippen LogP contribution in [0.15, 0.2) is 53.7 Å². The molecule has 0 aliphatic carbocycles. The molecular formula is C16H16FN3O2S. The zero-order chi connectivity index (χ0) is 16.4. The lowest BCUT2D eigenvalue weighted by molar-refractivity contribution is 0.577. The second-order valence-corrected chi connectivity index (χ2v) is 7.01. The number of nitrogens with zero attached hydrogens (tertiary/aromatic N) is 2. The van der Waals surface area contributed by atoms with E-state index in [4.69, 9.17) is 0 Å². The Balaban J connectivity index is 1.74. The van der Waals surface area contributed by atoms with Gasteiger partial charge < -0.3 is 4.57 Å². The van der Waals surface area contributed by atoms with Gasteiger partial charge in [0.15, 0.2) is 0 Å². The molecule has 0 fully saturated rings. The molecule has 5 nitrogen and oxygen atoms in total. The third-order valence-electron chi connectivity index (χ3n) is 3.65. The van der Waals surface area contributed by atoms with Gasteiger partial charge in [0, 0.05) is 13.6 Å². The van der Waals surface area contributed by atoms with E-state index >= 15 is 0 Å². The molecular weight excluding hydrogens is 317 g/mol. The number of nitrogens with one attached hydrogen (secondary N) is 1. The molecule has 3 aromatic rings. The van der Waals surface area contributed by atoms with Crippen molar-refractivity contribution >= 4 is 21.1 Å². The lowest BCUT2D eigenvalue weighted by Crippen LogP contribution is -2.26. The second kappa shape index (κ2) is 6.10. The lowest BCUT2D eigenvalue weighted by Gasteiger charge is -2.07. The first-order chi connectivity index (χ1) is 11.0. The van der Waals surface area contributed by atoms with Crippen LogP contribution in [0, 0.1) is 5.82 Å². The third-order valence-corrected chi connectivity index (χ3v) is 5.11. The van der Waals surface area contributed by atoms with Crippen LogP contribution in [0.3, 0.4) is 0 Å². The molecule has 0 unspecified atom stereocenters. The van der Waals surface area contributed by atoms with E-state index in [9.17, 15) is 12.8 Å². The number of fused-ring (bicyclic) bond motifs is 1. The highest BCUT2D eigenvalue weighted by Crippen LogP contribution is 2.17. The van der Waals surface area contributed by atoms with Gasteiger partial charge in [-0.15, -0.1) is 0 Å². The van der Waals surface area contributed by atoms with E-state index in [1.807, 2.05) is 11.6 Å². The number of halogens is 1. The highest BCUT2D eigenvalue weighted by molar-refractivity contribution is 7.89. The minimum atomic E-state index is -3.65. The van der Waals surface area contributed by atoms with Crippen molar-refractivity contribution in [2.75, 3.05) is 6.54 Å². The summed E-state index contributed by atoms with van der Waals surface area (Å²) in [6, 6.07) is 11.1. The van der Waals surface area contributed by atoms with Gasteiger partial charge in [-0.3, -0.25) is 0 Å². The van der Waals surface area contributed by atoms with E-state index in [1.165, 1.54) is 18.2 Å². The quantitative estimate of drug-likeness (QED) is 0.779. The van der Waals surface area contributed by atoms with Gasteiger partial charge in [0.25, 0.3) is 0 Å². The van der Waals surface area contributed by atoms with Crippen molar-refractivity contribution in [1.29, 1.82) is 0 Å². The Morgan fingerprint density at radius 1 is 1.22 bits per heavy atom. The maximum Gasteiger partial charge on any atom is 0.240 e. The summed E-state index contributed by atoms with van der Waals surface area (Å²) in [6.07, 6.45) is 1.92. The van der Waals surface area contributed by atoms with Gasteiger partial charge in [0.05, 0.1) is 22.3 Å². The summed E-state index contributed by atoms with van der Waals surface area (Å²) in [4.78, 5) is 4.30. The lowest BCUT2D eigenvalue weighted by atomic mass is 10.1. The minimum Gasteiger partial charge on any atom is -0.334 e. The summed E-state index contributed by atoms with van der Waals surface area (Å²) in [5, 5.41) is 0. The van der Waals surface area contributed by atoms with E-state index in [0.29, 0.717) is 11.1 Å². The molecule has 0 saturated carbocycles. The largest absolute Gasteiger partial charge is 0.334 e. The fraction of sp³-hybridized carbons (Fsp3) is 0.188. The normalized spacial score (nSPS) is 11.9. The van der Waals surface area contributed by atoms with Gasteiger partial charge >= 0.3 is 0 Å². The molecule has 23 heavy (non-hydrogen) atoms. The van der Waals surface area contributed by atoms with Crippen LogP contribution in [0.1, 0.15) is 5.56 Å². The van der Waals surface area contributed by atoms with Crippen LogP contribution in [0.5, 0.6) is 0 Å². The van der Waals surface area contributed by atoms with E-state index in [-0.39, 0.29) is 23.7 Å². The predicted molar refractivity (Wildman–Crippen MR) is 86.0 cm³/mol. The molecule has 0 spiro atoms. The SMILES string of the molecule is Cn1cnc2cc(S(=O)(=O)NCCc3ccccc3F)ccc21. The number of aryl methyl sites for hydroxylation is 1. The summed E-state index contributed by atoms with van der Waals surface area (Å²) in [5.74, 6) is -0.332. The summed E-state index contributed by atoms with van der Waals surface area (Å²) in [5.41, 5.74) is 1.95. The summed E-state index contributed by atoms with van der Waals surface area (Å²) < 4.78 is 42.5. The molecule has 0 radical (unpaired) electrons. The van der Waals surface area contributed by atoms with Crippen molar-refractivity contribution in [3.05, 3.63) is 60.2 Å². The highest BCUT2D eigenvalue weighted by Gasteiger charge is 2.15. The van der Waals surface area contributed by atoms with Crippen molar-refractivity contribution in [3.8, 4) is 0 Å². The number of sulfonamides is 1. The minimum absolute atomic E-state index is 0.128. The first kappa shape index (κ1) is 15.6. The van der Waals surface area contributed by atoms with E-state index in [1.54, 1.807) is 30.6 Å². The van der Waals surface area contributed by atoms with Gasteiger partial charge in [0.1, 0.15) is 5.82 Å². The number of benzene rings is 2. The van der Waals surface area contributed by atoms with Crippen LogP contribution in [0.25, 0.3) is 11.0 Å². The van der Waals surface area contributed by atoms with Gasteiger partial charge in [-0.05, 0) is 36.2 Å². The fourth-order valence-corrected chi connectivity index (χ4v) is 3.44. The van der Waals surface area contributed by atoms with Crippen LogP contribution in [-0.2, 0) is 23.5 Å². The van der Waals surface area contributed by atoms with Crippen molar-refractivity contribution in [2.24, 2.45) is 7.05 Å². The fourth-order valence-electron chi connectivity index (χ4n) is 2.39. The van der Waals surface area contributed by atoms with Crippen molar-refractivity contribution in [3.63, 3.8) is 0 Å². The van der Waals surface area contributed by atoms with Crippen molar-refractivity contribution < 1.29 is 12.8 Å². The Labute approximate surface area is 133 Å². The van der Waals surface area contributed by atoms with Crippen molar-refractivity contribution in [1.82, 2.24) is 14.3 Å². The zero-order valence-corrected chi connectivity index (χ0v) is 13.3. The van der Waals surface area contributed by atoms with Crippen molar-refractivity contribution in [2.45, 2.75) is 11.3 Å². The molecule has 0 saturated heterocycles. The molecule has 120 valence electrons. The monoisotopic (exact) mass is 333 g/mol. The Morgan fingerprint density at radius 3 is 2.78 bits per heavy atom. The number of rotatable bonds is 5. The molecule has 3 rings (SSSR count). The van der Waals surface area contributed by atoms with Gasteiger partial charge in [-0.2, -0.15) is 0 Å². The molecule has 0 aliphatic heterocycles. The molecule has 0 amide bonds. The average molecular weight is 333 g/mol. The zero-order valence-electron chi connectivity index (χ0n) is 12.5. The van der Waals surface area contributed by atoms with Crippen LogP contribution in [-0.4, -0.2) is 24.5 Å². The van der Waals surface area contributed by atoms with Crippen LogP contribution >= 0.6 is 0 Å². The number of hydrogen-bond acceptors (Lipinski definition) is 3. The average Bonchev–Trinajstić information content (AvgIpc) is 2.90. The Bertz CT molecular complexity index is 951. The van der Waals surface area contributed by atoms with Gasteiger partial charge in [-0.1, -0.05) is 18.2 Å². The Morgan fingerprint density at radius 2 is 2.00 bits per heavy atom. The molecule has 1 N–H and O–H groups in total. The molecule has 1 heterocycles. The summed E-state index contributed by atoms with van der Waals surface area (Å²) in [7, 11) is -1.80. The van der Waals surface area contributed by atoms with Crippen LogP contribution < -0.4 is 4.72 Å². The number of hydrogen-bond donors (Lipinski definition) is 1. The number of imidazole rings is 1. The molecule has 1 aromatic heterocycles. The highest BCUT2D eigenvalue weighted by atomic mass is 32.2.